The molecule has 1 N–H and O–H groups in total. The predicted molar refractivity (Wildman–Crippen MR) is 104 cm³/mol. The second kappa shape index (κ2) is 7.53. The monoisotopic (exact) mass is 363 g/mol. The summed E-state index contributed by atoms with van der Waals surface area (Å²) in [6, 6.07) is 15.1. The highest BCUT2D eigenvalue weighted by molar-refractivity contribution is 6.01. The van der Waals surface area contributed by atoms with Crippen molar-refractivity contribution in [2.75, 3.05) is 25.0 Å². The molecule has 0 fully saturated rings. The summed E-state index contributed by atoms with van der Waals surface area (Å²) in [5.41, 5.74) is 0.768. The van der Waals surface area contributed by atoms with Crippen LogP contribution in [0.5, 0.6) is 11.5 Å². The molecule has 0 spiro atoms. The molecule has 0 saturated carbocycles. The number of nitrogens with one attached hydrogen (secondary N) is 1. The summed E-state index contributed by atoms with van der Waals surface area (Å²) in [4.78, 5) is 18.7. The number of benzene rings is 2. The Kier molecular flexibility index (Phi) is 4.78. The lowest BCUT2D eigenvalue weighted by molar-refractivity contribution is 0.0693. The first-order chi connectivity index (χ1) is 13.2. The summed E-state index contributed by atoms with van der Waals surface area (Å²) >= 11 is 0. The van der Waals surface area contributed by atoms with Gasteiger partial charge in [-0.1, -0.05) is 24.3 Å². The smallest absolute Gasteiger partial charge is 0.321 e. The number of hydrogen-bond donors (Lipinski definition) is 1. The molecule has 0 unspecified atom stereocenters. The number of ether oxygens (including phenoxy) is 2. The van der Waals surface area contributed by atoms with Crippen molar-refractivity contribution in [1.29, 1.82) is 0 Å². The average Bonchev–Trinajstić information content (AvgIpc) is 2.72. The Morgan fingerprint density at radius 1 is 1.19 bits per heavy atom. The van der Waals surface area contributed by atoms with Gasteiger partial charge in [-0.15, -0.1) is 0 Å². The van der Waals surface area contributed by atoms with Crippen molar-refractivity contribution in [3.8, 4) is 11.5 Å². The van der Waals surface area contributed by atoms with Gasteiger partial charge in [0.1, 0.15) is 6.61 Å². The highest BCUT2D eigenvalue weighted by atomic mass is 16.6. The molecular weight excluding hydrogens is 342 g/mol. The van der Waals surface area contributed by atoms with Gasteiger partial charge < -0.3 is 19.7 Å². The number of fused-ring (bicyclic) bond motifs is 2. The van der Waals surface area contributed by atoms with Crippen LogP contribution in [-0.2, 0) is 0 Å². The third-order valence-electron chi connectivity index (χ3n) is 4.58. The Bertz CT molecular complexity index is 955. The van der Waals surface area contributed by atoms with Crippen molar-refractivity contribution in [2.24, 2.45) is 0 Å². The normalized spacial score (nSPS) is 15.4. The summed E-state index contributed by atoms with van der Waals surface area (Å²) in [7, 11) is 0. The minimum absolute atomic E-state index is 0.163. The zero-order chi connectivity index (χ0) is 18.6. The van der Waals surface area contributed by atoms with Crippen LogP contribution in [0.2, 0.25) is 0 Å². The van der Waals surface area contributed by atoms with Crippen molar-refractivity contribution in [3.63, 3.8) is 0 Å². The number of urea groups is 1. The lowest BCUT2D eigenvalue weighted by atomic mass is 10.1. The molecule has 4 rings (SSSR count). The van der Waals surface area contributed by atoms with E-state index in [-0.39, 0.29) is 12.1 Å². The quantitative estimate of drug-likeness (QED) is 0.763. The molecule has 27 heavy (non-hydrogen) atoms. The molecule has 1 aliphatic heterocycles. The lowest BCUT2D eigenvalue weighted by Gasteiger charge is -2.31. The molecule has 1 atom stereocenters. The van der Waals surface area contributed by atoms with E-state index in [9.17, 15) is 4.79 Å². The molecule has 138 valence electrons. The van der Waals surface area contributed by atoms with Gasteiger partial charge >= 0.3 is 6.03 Å². The SMILES string of the molecule is CCN(C[C@@H]1COc2ccccc2O1)C(=O)Nc1cccc2cnccc12. The summed E-state index contributed by atoms with van der Waals surface area (Å²) in [5, 5.41) is 4.95. The number of pyridine rings is 1. The van der Waals surface area contributed by atoms with Crippen molar-refractivity contribution < 1.29 is 14.3 Å². The van der Waals surface area contributed by atoms with Gasteiger partial charge in [0.05, 0.1) is 12.2 Å². The topological polar surface area (TPSA) is 63.7 Å². The number of rotatable bonds is 4. The first-order valence-electron chi connectivity index (χ1n) is 9.01. The first kappa shape index (κ1) is 17.1. The van der Waals surface area contributed by atoms with Gasteiger partial charge in [-0.25, -0.2) is 4.79 Å². The minimum atomic E-state index is -0.206. The number of hydrogen-bond acceptors (Lipinski definition) is 4. The van der Waals surface area contributed by atoms with Crippen LogP contribution in [0.4, 0.5) is 10.5 Å². The van der Waals surface area contributed by atoms with Crippen LogP contribution in [0.25, 0.3) is 10.8 Å². The minimum Gasteiger partial charge on any atom is -0.486 e. The lowest BCUT2D eigenvalue weighted by Crippen LogP contribution is -2.45. The van der Waals surface area contributed by atoms with Crippen molar-refractivity contribution in [1.82, 2.24) is 9.88 Å². The molecular formula is C21H21N3O3. The molecule has 6 heteroatoms. The van der Waals surface area contributed by atoms with Gasteiger partial charge in [0.15, 0.2) is 17.6 Å². The maximum absolute atomic E-state index is 12.8. The van der Waals surface area contributed by atoms with Crippen LogP contribution in [-0.4, -0.2) is 41.7 Å². The zero-order valence-electron chi connectivity index (χ0n) is 15.1. The molecule has 2 amide bonds. The van der Waals surface area contributed by atoms with Gasteiger partial charge in [-0.3, -0.25) is 4.98 Å². The standard InChI is InChI=1S/C21H21N3O3/c1-2-24(13-16-14-26-19-8-3-4-9-20(19)27-16)21(25)23-18-7-5-6-15-12-22-11-10-17(15)18/h3-12,16H,2,13-14H2,1H3,(H,23,25)/t16-/m1/s1. The summed E-state index contributed by atoms with van der Waals surface area (Å²) in [5.74, 6) is 1.46. The molecule has 2 heterocycles. The number of carbonyl (C=O) groups excluding carboxylic acids is 1. The Hall–Kier alpha value is -3.28. The molecule has 0 aliphatic carbocycles. The van der Waals surface area contributed by atoms with Gasteiger partial charge in [-0.2, -0.15) is 0 Å². The summed E-state index contributed by atoms with van der Waals surface area (Å²) < 4.78 is 11.7. The molecule has 1 aliphatic rings. The number of aromatic nitrogens is 1. The summed E-state index contributed by atoms with van der Waals surface area (Å²) in [6.45, 7) is 3.38. The van der Waals surface area contributed by atoms with E-state index >= 15 is 0 Å². The maximum atomic E-state index is 12.8. The second-order valence-electron chi connectivity index (χ2n) is 6.37. The van der Waals surface area contributed by atoms with Crippen LogP contribution in [0.3, 0.4) is 0 Å². The van der Waals surface area contributed by atoms with Crippen molar-refractivity contribution in [3.05, 3.63) is 60.9 Å². The highest BCUT2D eigenvalue weighted by Gasteiger charge is 2.25. The molecule has 3 aromatic rings. The molecule has 0 saturated heterocycles. The third-order valence-corrected chi connectivity index (χ3v) is 4.58. The maximum Gasteiger partial charge on any atom is 0.321 e. The van der Waals surface area contributed by atoms with Crippen molar-refractivity contribution >= 4 is 22.5 Å². The van der Waals surface area contributed by atoms with Gasteiger partial charge in [0.2, 0.25) is 0 Å². The van der Waals surface area contributed by atoms with Crippen LogP contribution in [0, 0.1) is 0 Å². The van der Waals surface area contributed by atoms with Crippen LogP contribution in [0.1, 0.15) is 6.92 Å². The Balaban J connectivity index is 1.46. The fourth-order valence-electron chi connectivity index (χ4n) is 3.18. The number of anilines is 1. The fraction of sp³-hybridized carbons (Fsp3) is 0.238. The predicted octanol–water partition coefficient (Wildman–Crippen LogP) is 3.93. The third kappa shape index (κ3) is 3.65. The Morgan fingerprint density at radius 2 is 2.04 bits per heavy atom. The number of likely N-dealkylation sites (N-methyl/N-ethyl adjacent to an activating group) is 1. The average molecular weight is 363 g/mol. The van der Waals surface area contributed by atoms with E-state index in [1.54, 1.807) is 17.3 Å². The number of carbonyl (C=O) groups is 1. The van der Waals surface area contributed by atoms with E-state index in [0.717, 1.165) is 22.2 Å². The Labute approximate surface area is 157 Å². The number of amides is 2. The second-order valence-corrected chi connectivity index (χ2v) is 6.37. The summed E-state index contributed by atoms with van der Waals surface area (Å²) in [6.07, 6.45) is 3.30. The van der Waals surface area contributed by atoms with E-state index in [4.69, 9.17) is 9.47 Å². The molecule has 0 bridgehead atoms. The molecule has 2 aromatic carbocycles. The van der Waals surface area contributed by atoms with Crippen LogP contribution >= 0.6 is 0 Å². The Morgan fingerprint density at radius 3 is 2.89 bits per heavy atom. The number of para-hydroxylation sites is 2. The van der Waals surface area contributed by atoms with E-state index in [2.05, 4.69) is 10.3 Å². The fourth-order valence-corrected chi connectivity index (χ4v) is 3.18. The van der Waals surface area contributed by atoms with Crippen LogP contribution < -0.4 is 14.8 Å². The van der Waals surface area contributed by atoms with Gasteiger partial charge in [0, 0.05) is 29.7 Å². The zero-order valence-corrected chi connectivity index (χ0v) is 15.1. The van der Waals surface area contributed by atoms with E-state index in [1.165, 1.54) is 0 Å². The van der Waals surface area contributed by atoms with Crippen molar-refractivity contribution in [2.45, 2.75) is 13.0 Å². The number of nitrogens with zero attached hydrogens (tertiary/aromatic N) is 2. The molecule has 6 nitrogen and oxygen atoms in total. The van der Waals surface area contributed by atoms with E-state index in [0.29, 0.717) is 25.4 Å². The largest absolute Gasteiger partial charge is 0.486 e. The highest BCUT2D eigenvalue weighted by Crippen LogP contribution is 2.31. The first-order valence-corrected chi connectivity index (χ1v) is 9.01. The van der Waals surface area contributed by atoms with Gasteiger partial charge in [-0.05, 0) is 31.2 Å². The van der Waals surface area contributed by atoms with E-state index < -0.39 is 0 Å². The van der Waals surface area contributed by atoms with E-state index in [1.807, 2.05) is 55.5 Å². The molecule has 0 radical (unpaired) electrons. The van der Waals surface area contributed by atoms with Crippen LogP contribution in [0.15, 0.2) is 60.9 Å². The van der Waals surface area contributed by atoms with Gasteiger partial charge in [0.25, 0.3) is 0 Å². The molecule has 1 aromatic heterocycles.